The highest BCUT2D eigenvalue weighted by Crippen LogP contribution is 2.13. The average molecular weight is 307 g/mol. The Morgan fingerprint density at radius 3 is 2.56 bits per heavy atom. The molecule has 2 rings (SSSR count). The molecule has 0 saturated heterocycles. The lowest BCUT2D eigenvalue weighted by molar-refractivity contribution is 0.0780. The summed E-state index contributed by atoms with van der Waals surface area (Å²) in [6.07, 6.45) is 1.76. The molecule has 1 amide bonds. The van der Waals surface area contributed by atoms with E-state index in [2.05, 4.69) is 40.0 Å². The van der Waals surface area contributed by atoms with E-state index in [1.54, 1.807) is 24.2 Å². The lowest BCUT2D eigenvalue weighted by Crippen LogP contribution is -2.26. The van der Waals surface area contributed by atoms with Crippen molar-refractivity contribution in [2.45, 2.75) is 13.5 Å². The van der Waals surface area contributed by atoms with Crippen molar-refractivity contribution in [1.29, 1.82) is 0 Å². The topological polar surface area (TPSA) is 36.1 Å². The van der Waals surface area contributed by atoms with Crippen LogP contribution in [0, 0.1) is 6.92 Å². The molecule has 1 aromatic carbocycles. The molecular weight excluding hydrogens is 292 g/mol. The first-order valence-electron chi connectivity index (χ1n) is 5.71. The molecule has 18 heavy (non-hydrogen) atoms. The maximum atomic E-state index is 12.1. The van der Waals surface area contributed by atoms with Gasteiger partial charge >= 0.3 is 0 Å². The summed E-state index contributed by atoms with van der Waals surface area (Å²) >= 11 is 3.32. The van der Waals surface area contributed by atoms with E-state index in [1.807, 2.05) is 12.1 Å². The number of carbonyl (C=O) groups is 1. The van der Waals surface area contributed by atoms with E-state index < -0.39 is 0 Å². The van der Waals surface area contributed by atoms with Gasteiger partial charge in [0, 0.05) is 24.3 Å². The smallest absolute Gasteiger partial charge is 0.270 e. The number of hydrogen-bond acceptors (Lipinski definition) is 1. The van der Waals surface area contributed by atoms with Gasteiger partial charge in [-0.05, 0) is 34.5 Å². The normalized spacial score (nSPS) is 10.4. The first-order chi connectivity index (χ1) is 8.56. The number of rotatable bonds is 3. The van der Waals surface area contributed by atoms with E-state index in [-0.39, 0.29) is 5.91 Å². The van der Waals surface area contributed by atoms with E-state index >= 15 is 0 Å². The van der Waals surface area contributed by atoms with Crippen LogP contribution in [0.3, 0.4) is 0 Å². The first kappa shape index (κ1) is 12.9. The third-order valence-electron chi connectivity index (χ3n) is 2.77. The Balaban J connectivity index is 2.05. The summed E-state index contributed by atoms with van der Waals surface area (Å²) in [5.74, 6) is -0.0127. The molecule has 0 spiro atoms. The van der Waals surface area contributed by atoms with Gasteiger partial charge in [0.05, 0.1) is 0 Å². The summed E-state index contributed by atoms with van der Waals surface area (Å²) < 4.78 is 0.884. The molecule has 0 saturated carbocycles. The van der Waals surface area contributed by atoms with Gasteiger partial charge in [0.2, 0.25) is 0 Å². The van der Waals surface area contributed by atoms with Crippen LogP contribution in [-0.4, -0.2) is 22.8 Å². The zero-order valence-electron chi connectivity index (χ0n) is 10.4. The van der Waals surface area contributed by atoms with Gasteiger partial charge in [-0.15, -0.1) is 0 Å². The quantitative estimate of drug-likeness (QED) is 0.927. The molecule has 1 N–H and O–H groups in total. The number of H-pyrrole nitrogens is 1. The maximum absolute atomic E-state index is 12.1. The Hall–Kier alpha value is -1.55. The zero-order chi connectivity index (χ0) is 13.1. The van der Waals surface area contributed by atoms with Crippen molar-refractivity contribution in [2.75, 3.05) is 7.05 Å². The minimum Gasteiger partial charge on any atom is -0.356 e. The van der Waals surface area contributed by atoms with Crippen molar-refractivity contribution in [2.24, 2.45) is 0 Å². The Labute approximate surface area is 115 Å². The third-order valence-corrected chi connectivity index (χ3v) is 3.22. The fourth-order valence-corrected chi connectivity index (χ4v) is 2.08. The molecule has 0 aliphatic heterocycles. The molecule has 0 bridgehead atoms. The van der Waals surface area contributed by atoms with Crippen LogP contribution in [0.2, 0.25) is 0 Å². The van der Waals surface area contributed by atoms with E-state index in [4.69, 9.17) is 0 Å². The number of benzene rings is 1. The summed E-state index contributed by atoms with van der Waals surface area (Å²) in [6.45, 7) is 2.66. The van der Waals surface area contributed by atoms with Gasteiger partial charge in [-0.25, -0.2) is 0 Å². The van der Waals surface area contributed by atoms with Gasteiger partial charge in [-0.1, -0.05) is 29.8 Å². The summed E-state index contributed by atoms with van der Waals surface area (Å²) in [6, 6.07) is 9.99. The first-order valence-corrected chi connectivity index (χ1v) is 6.50. The van der Waals surface area contributed by atoms with Crippen LogP contribution in [0.1, 0.15) is 21.6 Å². The second-order valence-electron chi connectivity index (χ2n) is 4.38. The van der Waals surface area contributed by atoms with Crippen LogP contribution in [-0.2, 0) is 6.54 Å². The molecule has 1 heterocycles. The van der Waals surface area contributed by atoms with Crippen LogP contribution >= 0.6 is 15.9 Å². The molecule has 94 valence electrons. The summed E-state index contributed by atoms with van der Waals surface area (Å²) in [5.41, 5.74) is 2.94. The van der Waals surface area contributed by atoms with E-state index in [9.17, 15) is 4.79 Å². The highest BCUT2D eigenvalue weighted by atomic mass is 79.9. The maximum Gasteiger partial charge on any atom is 0.270 e. The number of nitrogens with zero attached hydrogens (tertiary/aromatic N) is 1. The van der Waals surface area contributed by atoms with Gasteiger partial charge in [0.25, 0.3) is 5.91 Å². The number of halogens is 1. The zero-order valence-corrected chi connectivity index (χ0v) is 12.0. The number of amides is 1. The van der Waals surface area contributed by atoms with Crippen LogP contribution in [0.25, 0.3) is 0 Å². The van der Waals surface area contributed by atoms with Gasteiger partial charge in [-0.2, -0.15) is 0 Å². The number of aromatic nitrogens is 1. The lowest BCUT2D eigenvalue weighted by Gasteiger charge is -2.16. The predicted octanol–water partition coefficient (Wildman–Crippen LogP) is 3.36. The SMILES string of the molecule is Cc1ccc(CN(C)C(=O)c2cc(Br)c[nH]2)cc1. The molecule has 0 fully saturated rings. The molecule has 4 heteroatoms. The van der Waals surface area contributed by atoms with Crippen molar-refractivity contribution < 1.29 is 4.79 Å². The van der Waals surface area contributed by atoms with Gasteiger partial charge in [0.15, 0.2) is 0 Å². The van der Waals surface area contributed by atoms with Crippen molar-refractivity contribution >= 4 is 21.8 Å². The average Bonchev–Trinajstić information content (AvgIpc) is 2.78. The number of nitrogens with one attached hydrogen (secondary N) is 1. The number of aromatic amines is 1. The van der Waals surface area contributed by atoms with Crippen LogP contribution in [0.5, 0.6) is 0 Å². The molecule has 1 aromatic heterocycles. The van der Waals surface area contributed by atoms with E-state index in [0.29, 0.717) is 12.2 Å². The predicted molar refractivity (Wildman–Crippen MR) is 75.5 cm³/mol. The number of carbonyl (C=O) groups excluding carboxylic acids is 1. The minimum atomic E-state index is -0.0127. The van der Waals surface area contributed by atoms with Crippen LogP contribution in [0.15, 0.2) is 41.0 Å². The summed E-state index contributed by atoms with van der Waals surface area (Å²) in [4.78, 5) is 16.7. The van der Waals surface area contributed by atoms with E-state index in [1.165, 1.54) is 5.56 Å². The minimum absolute atomic E-state index is 0.0127. The number of aryl methyl sites for hydroxylation is 1. The summed E-state index contributed by atoms with van der Waals surface area (Å²) in [5, 5.41) is 0. The molecule has 0 aliphatic rings. The van der Waals surface area contributed by atoms with Crippen molar-refractivity contribution in [3.05, 3.63) is 57.8 Å². The van der Waals surface area contributed by atoms with Crippen molar-refractivity contribution in [3.8, 4) is 0 Å². The molecule has 0 unspecified atom stereocenters. The molecular formula is C14H15BrN2O. The van der Waals surface area contributed by atoms with Crippen molar-refractivity contribution in [3.63, 3.8) is 0 Å². The summed E-state index contributed by atoms with van der Waals surface area (Å²) in [7, 11) is 1.80. The molecule has 0 aliphatic carbocycles. The molecule has 3 nitrogen and oxygen atoms in total. The molecule has 0 radical (unpaired) electrons. The fraction of sp³-hybridized carbons (Fsp3) is 0.214. The van der Waals surface area contributed by atoms with Gasteiger partial charge in [-0.3, -0.25) is 4.79 Å². The molecule has 2 aromatic rings. The Bertz CT molecular complexity index is 545. The monoisotopic (exact) mass is 306 g/mol. The molecule has 0 atom stereocenters. The standard InChI is InChI=1S/C14H15BrN2O/c1-10-3-5-11(6-4-10)9-17(2)14(18)13-7-12(15)8-16-13/h3-8,16H,9H2,1-2H3. The lowest BCUT2D eigenvalue weighted by atomic mass is 10.1. The fourth-order valence-electron chi connectivity index (χ4n) is 1.74. The Morgan fingerprint density at radius 1 is 1.33 bits per heavy atom. The highest BCUT2D eigenvalue weighted by molar-refractivity contribution is 9.10. The van der Waals surface area contributed by atoms with Crippen LogP contribution < -0.4 is 0 Å². The third kappa shape index (κ3) is 3.01. The second kappa shape index (κ2) is 5.40. The highest BCUT2D eigenvalue weighted by Gasteiger charge is 2.13. The number of hydrogen-bond donors (Lipinski definition) is 1. The van der Waals surface area contributed by atoms with Crippen molar-refractivity contribution in [1.82, 2.24) is 9.88 Å². The van der Waals surface area contributed by atoms with E-state index in [0.717, 1.165) is 10.0 Å². The second-order valence-corrected chi connectivity index (χ2v) is 5.29. The van der Waals surface area contributed by atoms with Gasteiger partial charge < -0.3 is 9.88 Å². The van der Waals surface area contributed by atoms with Gasteiger partial charge in [0.1, 0.15) is 5.69 Å². The Morgan fingerprint density at radius 2 is 2.00 bits per heavy atom. The van der Waals surface area contributed by atoms with Crippen LogP contribution in [0.4, 0.5) is 0 Å². The Kier molecular flexibility index (Phi) is 3.87. The largest absolute Gasteiger partial charge is 0.356 e.